The van der Waals surface area contributed by atoms with Gasteiger partial charge in [-0.2, -0.15) is 10.2 Å². The summed E-state index contributed by atoms with van der Waals surface area (Å²) >= 11 is 1.47. The maximum atomic E-state index is 13.2. The first-order valence-electron chi connectivity index (χ1n) is 12.2. The molecular weight excluding hydrogens is 476 g/mol. The molecule has 11 heteroatoms. The fourth-order valence-corrected chi connectivity index (χ4v) is 6.09. The number of thiazole rings is 1. The lowest BCUT2D eigenvalue weighted by Gasteiger charge is -2.23. The minimum absolute atomic E-state index is 0.186. The monoisotopic (exact) mass is 504 g/mol. The summed E-state index contributed by atoms with van der Waals surface area (Å²) in [5.74, 6) is -0.481. The highest BCUT2D eigenvalue weighted by molar-refractivity contribution is 7.21. The van der Waals surface area contributed by atoms with Gasteiger partial charge >= 0.3 is 0 Å². The summed E-state index contributed by atoms with van der Waals surface area (Å²) in [6, 6.07) is 1.68. The number of nitrogens with zero attached hydrogens (tertiary/aromatic N) is 6. The van der Waals surface area contributed by atoms with Gasteiger partial charge in [-0.05, 0) is 45.2 Å². The molecule has 36 heavy (non-hydrogen) atoms. The van der Waals surface area contributed by atoms with E-state index >= 15 is 0 Å². The highest BCUT2D eigenvalue weighted by atomic mass is 32.1. The van der Waals surface area contributed by atoms with Crippen molar-refractivity contribution in [3.8, 4) is 10.4 Å². The zero-order valence-electron chi connectivity index (χ0n) is 20.3. The topological polar surface area (TPSA) is 109 Å². The summed E-state index contributed by atoms with van der Waals surface area (Å²) in [6.45, 7) is 4.39. The van der Waals surface area contributed by atoms with Crippen molar-refractivity contribution in [2.45, 2.75) is 38.1 Å². The van der Waals surface area contributed by atoms with E-state index in [9.17, 15) is 9.59 Å². The van der Waals surface area contributed by atoms with E-state index in [2.05, 4.69) is 30.7 Å². The lowest BCUT2D eigenvalue weighted by Crippen LogP contribution is -2.38. The second-order valence-corrected chi connectivity index (χ2v) is 10.7. The molecule has 0 aromatic carbocycles. The lowest BCUT2D eigenvalue weighted by atomic mass is 10.2. The quantitative estimate of drug-likeness (QED) is 0.400. The van der Waals surface area contributed by atoms with Gasteiger partial charge in [0, 0.05) is 49.8 Å². The summed E-state index contributed by atoms with van der Waals surface area (Å²) in [5.41, 5.74) is 3.42. The van der Waals surface area contributed by atoms with Gasteiger partial charge in [0.05, 0.1) is 39.8 Å². The molecule has 2 aliphatic rings. The van der Waals surface area contributed by atoms with Gasteiger partial charge in [-0.25, -0.2) is 4.52 Å². The van der Waals surface area contributed by atoms with Crippen LogP contribution in [-0.2, 0) is 7.05 Å². The van der Waals surface area contributed by atoms with Crippen molar-refractivity contribution in [3.63, 3.8) is 0 Å². The minimum Gasteiger partial charge on any atom is -0.351 e. The van der Waals surface area contributed by atoms with E-state index < -0.39 is 0 Å². The van der Waals surface area contributed by atoms with Crippen LogP contribution in [0.4, 0.5) is 5.69 Å². The van der Waals surface area contributed by atoms with E-state index in [1.165, 1.54) is 37.0 Å². The number of carbonyl (C=O) groups excluding carboxylic acids is 2. The summed E-state index contributed by atoms with van der Waals surface area (Å²) in [6.07, 6.45) is 13.8. The Morgan fingerprint density at radius 1 is 1.11 bits per heavy atom. The minimum atomic E-state index is -0.296. The van der Waals surface area contributed by atoms with Crippen LogP contribution in [0.1, 0.15) is 52.1 Å². The normalized spacial score (nSPS) is 16.6. The molecule has 2 fully saturated rings. The van der Waals surface area contributed by atoms with Crippen LogP contribution in [0.25, 0.3) is 15.3 Å². The molecule has 1 spiro atoms. The van der Waals surface area contributed by atoms with Gasteiger partial charge in [0.1, 0.15) is 4.83 Å². The molecule has 10 nitrogen and oxygen atoms in total. The number of aryl methyl sites for hydroxylation is 2. The number of anilines is 1. The predicted octanol–water partition coefficient (Wildman–Crippen LogP) is 3.11. The zero-order chi connectivity index (χ0) is 24.9. The van der Waals surface area contributed by atoms with Gasteiger partial charge in [0.25, 0.3) is 11.8 Å². The third kappa shape index (κ3) is 4.18. The van der Waals surface area contributed by atoms with Crippen molar-refractivity contribution in [2.24, 2.45) is 7.05 Å². The summed E-state index contributed by atoms with van der Waals surface area (Å²) < 4.78 is 3.43. The molecule has 0 atom stereocenters. The molecule has 6 rings (SSSR count). The van der Waals surface area contributed by atoms with Gasteiger partial charge in [0.15, 0.2) is 0 Å². The van der Waals surface area contributed by atoms with Crippen LogP contribution in [0.5, 0.6) is 0 Å². The molecule has 2 amide bonds. The average Bonchev–Trinajstić information content (AvgIpc) is 3.21. The Morgan fingerprint density at radius 3 is 2.75 bits per heavy atom. The van der Waals surface area contributed by atoms with Gasteiger partial charge in [-0.3, -0.25) is 24.2 Å². The Bertz CT molecular complexity index is 1460. The predicted molar refractivity (Wildman–Crippen MR) is 137 cm³/mol. The molecule has 5 heterocycles. The van der Waals surface area contributed by atoms with Crippen LogP contribution in [0.3, 0.4) is 0 Å². The molecule has 1 aliphatic carbocycles. The SMILES string of the molecule is Cc1ncc(C(=O)NCCN2CCCC23CC3)cc1NC(=O)c1cnn2cc(-c3cnn(C)c3)sc12. The summed E-state index contributed by atoms with van der Waals surface area (Å²) in [7, 11) is 1.86. The van der Waals surface area contributed by atoms with Crippen LogP contribution in [-0.4, -0.2) is 66.3 Å². The average molecular weight is 505 g/mol. The van der Waals surface area contributed by atoms with Crippen molar-refractivity contribution in [1.82, 2.24) is 34.6 Å². The van der Waals surface area contributed by atoms with E-state index in [-0.39, 0.29) is 11.8 Å². The first kappa shape index (κ1) is 22.9. The third-order valence-electron chi connectivity index (χ3n) is 7.26. The van der Waals surface area contributed by atoms with Crippen LogP contribution in [0, 0.1) is 6.92 Å². The number of hydrogen-bond acceptors (Lipinski definition) is 7. The number of pyridine rings is 1. The van der Waals surface area contributed by atoms with Crippen molar-refractivity contribution in [2.75, 3.05) is 25.0 Å². The number of fused-ring (bicyclic) bond motifs is 1. The van der Waals surface area contributed by atoms with Crippen molar-refractivity contribution in [3.05, 3.63) is 53.9 Å². The van der Waals surface area contributed by atoms with E-state index in [1.807, 2.05) is 19.4 Å². The van der Waals surface area contributed by atoms with Crippen LogP contribution < -0.4 is 10.6 Å². The number of hydrogen-bond donors (Lipinski definition) is 2. The van der Waals surface area contributed by atoms with Gasteiger partial charge < -0.3 is 10.6 Å². The van der Waals surface area contributed by atoms with E-state index in [0.717, 1.165) is 28.4 Å². The molecule has 1 aliphatic heterocycles. The van der Waals surface area contributed by atoms with E-state index in [4.69, 9.17) is 0 Å². The molecular formula is C25H28N8O2S. The highest BCUT2D eigenvalue weighted by Crippen LogP contribution is 2.49. The molecule has 0 bridgehead atoms. The number of likely N-dealkylation sites (tertiary alicyclic amines) is 1. The largest absolute Gasteiger partial charge is 0.351 e. The Balaban J connectivity index is 1.13. The smallest absolute Gasteiger partial charge is 0.260 e. The van der Waals surface area contributed by atoms with Crippen LogP contribution >= 0.6 is 11.3 Å². The second kappa shape index (κ2) is 8.82. The van der Waals surface area contributed by atoms with Crippen molar-refractivity contribution in [1.29, 1.82) is 0 Å². The maximum absolute atomic E-state index is 13.2. The molecule has 1 saturated carbocycles. The zero-order valence-corrected chi connectivity index (χ0v) is 21.1. The van der Waals surface area contributed by atoms with Gasteiger partial charge in [0.2, 0.25) is 0 Å². The first-order chi connectivity index (χ1) is 17.4. The Morgan fingerprint density at radius 2 is 1.97 bits per heavy atom. The van der Waals surface area contributed by atoms with E-state index in [0.29, 0.717) is 34.6 Å². The molecule has 2 N–H and O–H groups in total. The summed E-state index contributed by atoms with van der Waals surface area (Å²) in [5, 5.41) is 14.5. The lowest BCUT2D eigenvalue weighted by molar-refractivity contribution is 0.0944. The molecule has 0 radical (unpaired) electrons. The fourth-order valence-electron chi connectivity index (χ4n) is 5.06. The highest BCUT2D eigenvalue weighted by Gasteiger charge is 2.50. The van der Waals surface area contributed by atoms with Crippen LogP contribution in [0.2, 0.25) is 0 Å². The molecule has 186 valence electrons. The Kier molecular flexibility index (Phi) is 5.60. The number of nitrogens with one attached hydrogen (secondary N) is 2. The molecule has 1 saturated heterocycles. The maximum Gasteiger partial charge on any atom is 0.260 e. The molecule has 4 aromatic heterocycles. The standard InChI is InChI=1S/C25H28N8O2S/c1-16-20(10-17(11-27-16)22(34)26-7-9-32-8-3-4-25(32)5-6-25)30-23(35)19-13-29-33-15-21(36-24(19)33)18-12-28-31(2)14-18/h10-15H,3-9H2,1-2H3,(H,26,34)(H,30,35). The first-order valence-corrected chi connectivity index (χ1v) is 13.0. The third-order valence-corrected chi connectivity index (χ3v) is 8.42. The number of carbonyl (C=O) groups is 2. The molecule has 0 unspecified atom stereocenters. The summed E-state index contributed by atoms with van der Waals surface area (Å²) in [4.78, 5) is 34.5. The van der Waals surface area contributed by atoms with E-state index in [1.54, 1.807) is 40.8 Å². The van der Waals surface area contributed by atoms with Crippen molar-refractivity contribution < 1.29 is 9.59 Å². The van der Waals surface area contributed by atoms with Gasteiger partial charge in [-0.15, -0.1) is 11.3 Å². The number of rotatable bonds is 7. The second-order valence-electron chi connectivity index (χ2n) is 9.69. The van der Waals surface area contributed by atoms with Gasteiger partial charge in [-0.1, -0.05) is 0 Å². The van der Waals surface area contributed by atoms with Crippen molar-refractivity contribution >= 4 is 33.7 Å². The van der Waals surface area contributed by atoms with Crippen LogP contribution in [0.15, 0.2) is 37.1 Å². The number of aromatic nitrogens is 5. The Labute approximate surface area is 212 Å². The number of amides is 2. The Hall–Kier alpha value is -3.57. The fraction of sp³-hybridized carbons (Fsp3) is 0.400. The molecule has 4 aromatic rings.